The van der Waals surface area contributed by atoms with Gasteiger partial charge < -0.3 is 5.32 Å². The molecule has 1 fully saturated rings. The maximum atomic E-state index is 11.5. The van der Waals surface area contributed by atoms with Crippen LogP contribution in [-0.4, -0.2) is 36.0 Å². The Morgan fingerprint density at radius 2 is 2.23 bits per heavy atom. The minimum atomic E-state index is -0.312. The summed E-state index contributed by atoms with van der Waals surface area (Å²) >= 11 is 0. The van der Waals surface area contributed by atoms with E-state index < -0.39 is 0 Å². The number of unbranched alkanes of at least 4 members (excludes halogenated alkanes) is 1. The first-order valence-electron chi connectivity index (χ1n) is 5.12. The summed E-state index contributed by atoms with van der Waals surface area (Å²) in [4.78, 5) is 13.8. The Balaban J connectivity index is 2.55. The highest BCUT2D eigenvalue weighted by atomic mass is 16.2. The molecule has 1 rings (SSSR count). The number of amides is 1. The van der Waals surface area contributed by atoms with Crippen LogP contribution in [0.15, 0.2) is 0 Å². The van der Waals surface area contributed by atoms with Gasteiger partial charge >= 0.3 is 0 Å². The number of hydrogen-bond acceptors (Lipinski definition) is 2. The minimum Gasteiger partial charge on any atom is -0.353 e. The van der Waals surface area contributed by atoms with Crippen LogP contribution in [0.3, 0.4) is 0 Å². The van der Waals surface area contributed by atoms with E-state index in [0.717, 1.165) is 19.6 Å². The van der Waals surface area contributed by atoms with Crippen molar-refractivity contribution in [3.05, 3.63) is 0 Å². The average Bonchev–Trinajstić information content (AvgIpc) is 2.08. The first-order valence-corrected chi connectivity index (χ1v) is 5.12. The van der Waals surface area contributed by atoms with E-state index in [1.54, 1.807) is 0 Å². The van der Waals surface area contributed by atoms with Gasteiger partial charge in [0.25, 0.3) is 0 Å². The summed E-state index contributed by atoms with van der Waals surface area (Å²) in [5, 5.41) is 2.90. The molecule has 3 heteroatoms. The lowest BCUT2D eigenvalue weighted by Gasteiger charge is -2.41. The summed E-state index contributed by atoms with van der Waals surface area (Å²) in [6, 6.07) is 0. The highest BCUT2D eigenvalue weighted by molar-refractivity contribution is 5.86. The van der Waals surface area contributed by atoms with Crippen molar-refractivity contribution in [1.29, 1.82) is 0 Å². The molecular formula is C10H20N2O. The van der Waals surface area contributed by atoms with Gasteiger partial charge in [-0.25, -0.2) is 0 Å². The van der Waals surface area contributed by atoms with Gasteiger partial charge in [-0.05, 0) is 26.8 Å². The zero-order valence-electron chi connectivity index (χ0n) is 8.89. The normalized spacial score (nSPS) is 22.8. The fourth-order valence-electron chi connectivity index (χ4n) is 1.68. The summed E-state index contributed by atoms with van der Waals surface area (Å²) in [6.45, 7) is 8.99. The van der Waals surface area contributed by atoms with Crippen molar-refractivity contribution in [3.8, 4) is 0 Å². The van der Waals surface area contributed by atoms with Crippen LogP contribution in [0.25, 0.3) is 0 Å². The van der Waals surface area contributed by atoms with Gasteiger partial charge in [0.05, 0.1) is 5.54 Å². The molecule has 0 aromatic rings. The van der Waals surface area contributed by atoms with E-state index >= 15 is 0 Å². The maximum Gasteiger partial charge on any atom is 0.239 e. The molecule has 0 aromatic heterocycles. The molecule has 0 bridgehead atoms. The molecule has 0 aliphatic carbocycles. The molecule has 1 saturated heterocycles. The van der Waals surface area contributed by atoms with Crippen molar-refractivity contribution in [2.75, 3.05) is 19.6 Å². The van der Waals surface area contributed by atoms with Crippen LogP contribution < -0.4 is 5.32 Å². The number of nitrogens with zero attached hydrogens (tertiary/aromatic N) is 1. The van der Waals surface area contributed by atoms with E-state index in [-0.39, 0.29) is 11.4 Å². The third kappa shape index (κ3) is 2.21. The molecule has 0 atom stereocenters. The van der Waals surface area contributed by atoms with Crippen molar-refractivity contribution in [3.63, 3.8) is 0 Å². The quantitative estimate of drug-likeness (QED) is 0.709. The molecule has 1 heterocycles. The summed E-state index contributed by atoms with van der Waals surface area (Å²) in [5.74, 6) is 0.162. The molecule has 0 aromatic carbocycles. The van der Waals surface area contributed by atoms with E-state index in [2.05, 4.69) is 17.1 Å². The van der Waals surface area contributed by atoms with Crippen LogP contribution >= 0.6 is 0 Å². The topological polar surface area (TPSA) is 32.3 Å². The standard InChI is InChI=1S/C10H20N2O/c1-4-5-7-12-8-6-11-9(13)10(12,2)3/h4-8H2,1-3H3,(H,11,13). The third-order valence-electron chi connectivity index (χ3n) is 2.80. The number of carbonyl (C=O) groups is 1. The first-order chi connectivity index (χ1) is 6.09. The highest BCUT2D eigenvalue weighted by Crippen LogP contribution is 2.17. The van der Waals surface area contributed by atoms with Crippen LogP contribution in [0.5, 0.6) is 0 Å². The van der Waals surface area contributed by atoms with Crippen molar-refractivity contribution < 1.29 is 4.79 Å². The van der Waals surface area contributed by atoms with Crippen molar-refractivity contribution in [2.24, 2.45) is 0 Å². The Kier molecular flexibility index (Phi) is 3.31. The number of hydrogen-bond donors (Lipinski definition) is 1. The predicted molar refractivity (Wildman–Crippen MR) is 53.6 cm³/mol. The SMILES string of the molecule is CCCCN1CCNC(=O)C1(C)C. The lowest BCUT2D eigenvalue weighted by Crippen LogP contribution is -2.61. The lowest BCUT2D eigenvalue weighted by atomic mass is 9.98. The summed E-state index contributed by atoms with van der Waals surface area (Å²) in [6.07, 6.45) is 2.37. The van der Waals surface area contributed by atoms with Gasteiger partial charge in [0.1, 0.15) is 0 Å². The zero-order chi connectivity index (χ0) is 9.90. The van der Waals surface area contributed by atoms with Crippen molar-refractivity contribution in [2.45, 2.75) is 39.2 Å². The summed E-state index contributed by atoms with van der Waals surface area (Å²) in [5.41, 5.74) is -0.312. The van der Waals surface area contributed by atoms with Crippen molar-refractivity contribution in [1.82, 2.24) is 10.2 Å². The third-order valence-corrected chi connectivity index (χ3v) is 2.80. The second-order valence-corrected chi connectivity index (χ2v) is 4.16. The summed E-state index contributed by atoms with van der Waals surface area (Å²) < 4.78 is 0. The fraction of sp³-hybridized carbons (Fsp3) is 0.900. The molecule has 0 radical (unpaired) electrons. The van der Waals surface area contributed by atoms with E-state index in [9.17, 15) is 4.79 Å². The van der Waals surface area contributed by atoms with Gasteiger partial charge in [0.15, 0.2) is 0 Å². The van der Waals surface area contributed by atoms with Crippen LogP contribution in [0.2, 0.25) is 0 Å². The second kappa shape index (κ2) is 4.09. The zero-order valence-corrected chi connectivity index (χ0v) is 8.89. The molecule has 1 N–H and O–H groups in total. The number of rotatable bonds is 3. The largest absolute Gasteiger partial charge is 0.353 e. The number of piperazine rings is 1. The Morgan fingerprint density at radius 1 is 1.54 bits per heavy atom. The van der Waals surface area contributed by atoms with Crippen LogP contribution in [0.4, 0.5) is 0 Å². The van der Waals surface area contributed by atoms with E-state index in [1.165, 1.54) is 12.8 Å². The number of carbonyl (C=O) groups excluding carboxylic acids is 1. The maximum absolute atomic E-state index is 11.5. The predicted octanol–water partition coefficient (Wildman–Crippen LogP) is 0.997. The highest BCUT2D eigenvalue weighted by Gasteiger charge is 2.36. The molecule has 0 spiro atoms. The molecule has 3 nitrogen and oxygen atoms in total. The molecule has 1 aliphatic heterocycles. The second-order valence-electron chi connectivity index (χ2n) is 4.16. The summed E-state index contributed by atoms with van der Waals surface area (Å²) in [7, 11) is 0. The Morgan fingerprint density at radius 3 is 2.85 bits per heavy atom. The minimum absolute atomic E-state index is 0.162. The molecule has 1 aliphatic rings. The molecule has 0 unspecified atom stereocenters. The monoisotopic (exact) mass is 184 g/mol. The Labute approximate surface area is 80.5 Å². The average molecular weight is 184 g/mol. The van der Waals surface area contributed by atoms with Gasteiger partial charge in [0.2, 0.25) is 5.91 Å². The molecule has 0 saturated carbocycles. The molecule has 1 amide bonds. The van der Waals surface area contributed by atoms with Gasteiger partial charge in [-0.1, -0.05) is 13.3 Å². The Hall–Kier alpha value is -0.570. The smallest absolute Gasteiger partial charge is 0.239 e. The van der Waals surface area contributed by atoms with Crippen LogP contribution in [0.1, 0.15) is 33.6 Å². The van der Waals surface area contributed by atoms with Gasteiger partial charge in [0, 0.05) is 13.1 Å². The van der Waals surface area contributed by atoms with Crippen molar-refractivity contribution >= 4 is 5.91 Å². The van der Waals surface area contributed by atoms with Gasteiger partial charge in [-0.15, -0.1) is 0 Å². The number of nitrogens with one attached hydrogen (secondary N) is 1. The van der Waals surface area contributed by atoms with Crippen LogP contribution in [0, 0.1) is 0 Å². The van der Waals surface area contributed by atoms with E-state index in [1.807, 2.05) is 13.8 Å². The van der Waals surface area contributed by atoms with E-state index in [0.29, 0.717) is 0 Å². The van der Waals surface area contributed by atoms with Gasteiger partial charge in [-0.2, -0.15) is 0 Å². The first kappa shape index (κ1) is 10.5. The lowest BCUT2D eigenvalue weighted by molar-refractivity contribution is -0.135. The molecule has 13 heavy (non-hydrogen) atoms. The van der Waals surface area contributed by atoms with Gasteiger partial charge in [-0.3, -0.25) is 9.69 Å². The van der Waals surface area contributed by atoms with Crippen LogP contribution in [-0.2, 0) is 4.79 Å². The molecule has 76 valence electrons. The Bertz CT molecular complexity index is 189. The molecular weight excluding hydrogens is 164 g/mol. The van der Waals surface area contributed by atoms with E-state index in [4.69, 9.17) is 0 Å². The fourth-order valence-corrected chi connectivity index (χ4v) is 1.68.